The average Bonchev–Trinajstić information content (AvgIpc) is 2.22. The van der Waals surface area contributed by atoms with E-state index in [0.717, 1.165) is 4.57 Å². The van der Waals surface area contributed by atoms with Crippen LogP contribution in [-0.2, 0) is 11.3 Å². The number of aromatic nitrogens is 1. The summed E-state index contributed by atoms with van der Waals surface area (Å²) >= 11 is 0. The van der Waals surface area contributed by atoms with Gasteiger partial charge in [0.1, 0.15) is 12.1 Å². The Bertz CT molecular complexity index is 531. The van der Waals surface area contributed by atoms with Crippen LogP contribution in [0.5, 0.6) is 0 Å². The molecule has 0 saturated carbocycles. The number of aryl methyl sites for hydroxylation is 2. The van der Waals surface area contributed by atoms with Gasteiger partial charge < -0.3 is 15.0 Å². The van der Waals surface area contributed by atoms with E-state index in [9.17, 15) is 14.4 Å². The van der Waals surface area contributed by atoms with E-state index in [4.69, 9.17) is 5.11 Å². The number of carbonyl (C=O) groups is 2. The molecule has 6 heteroatoms. The molecular weight excluding hydrogens is 224 g/mol. The Balaban J connectivity index is 3.41. The molecule has 0 bridgehead atoms. The average molecular weight is 238 g/mol. The first-order valence-electron chi connectivity index (χ1n) is 5.03. The highest BCUT2D eigenvalue weighted by molar-refractivity contribution is 5.89. The summed E-state index contributed by atoms with van der Waals surface area (Å²) in [6, 6.07) is 1.58. The largest absolute Gasteiger partial charge is 0.477 e. The summed E-state index contributed by atoms with van der Waals surface area (Å²) in [6.45, 7) is 3.03. The quantitative estimate of drug-likeness (QED) is 0.770. The monoisotopic (exact) mass is 238 g/mol. The van der Waals surface area contributed by atoms with Crippen molar-refractivity contribution in [2.24, 2.45) is 0 Å². The number of likely N-dealkylation sites (N-methyl/N-ethyl adjacent to an activating group) is 1. The third-order valence-corrected chi connectivity index (χ3v) is 2.50. The molecule has 1 amide bonds. The van der Waals surface area contributed by atoms with Crippen LogP contribution in [0.4, 0.5) is 0 Å². The van der Waals surface area contributed by atoms with Crippen molar-refractivity contribution in [2.75, 3.05) is 7.05 Å². The van der Waals surface area contributed by atoms with Crippen molar-refractivity contribution in [1.29, 1.82) is 0 Å². The minimum atomic E-state index is -1.28. The Hall–Kier alpha value is -2.11. The third kappa shape index (κ3) is 2.52. The Kier molecular flexibility index (Phi) is 3.67. The molecule has 0 fully saturated rings. The van der Waals surface area contributed by atoms with Crippen LogP contribution >= 0.6 is 0 Å². The predicted molar refractivity (Wildman–Crippen MR) is 61.2 cm³/mol. The maximum Gasteiger partial charge on any atom is 0.341 e. The fraction of sp³-hybridized carbons (Fsp3) is 0.364. The smallest absolute Gasteiger partial charge is 0.341 e. The molecular formula is C11H14N2O4. The molecule has 0 saturated heterocycles. The fourth-order valence-corrected chi connectivity index (χ4v) is 1.61. The zero-order chi connectivity index (χ0) is 13.2. The number of carbonyl (C=O) groups excluding carboxylic acids is 1. The number of hydrogen-bond donors (Lipinski definition) is 2. The van der Waals surface area contributed by atoms with Crippen LogP contribution in [0.25, 0.3) is 0 Å². The van der Waals surface area contributed by atoms with E-state index >= 15 is 0 Å². The minimum absolute atomic E-state index is 0.179. The number of hydrogen-bond acceptors (Lipinski definition) is 3. The Morgan fingerprint density at radius 2 is 2.00 bits per heavy atom. The molecule has 1 rings (SSSR count). The number of nitrogens with one attached hydrogen (secondary N) is 1. The lowest BCUT2D eigenvalue weighted by atomic mass is 10.1. The number of aromatic carboxylic acids is 1. The van der Waals surface area contributed by atoms with E-state index in [-0.39, 0.29) is 18.0 Å². The number of nitrogens with zero attached hydrogens (tertiary/aromatic N) is 1. The number of rotatable bonds is 3. The Labute approximate surface area is 97.9 Å². The molecule has 0 aliphatic rings. The number of pyridine rings is 1. The lowest BCUT2D eigenvalue weighted by Gasteiger charge is -2.11. The normalized spacial score (nSPS) is 10.1. The van der Waals surface area contributed by atoms with Gasteiger partial charge in [-0.15, -0.1) is 0 Å². The summed E-state index contributed by atoms with van der Waals surface area (Å²) in [5.41, 5.74) is 0.00681. The van der Waals surface area contributed by atoms with Gasteiger partial charge in [-0.3, -0.25) is 9.59 Å². The highest BCUT2D eigenvalue weighted by Crippen LogP contribution is 2.06. The molecule has 0 aliphatic carbocycles. The van der Waals surface area contributed by atoms with E-state index in [1.54, 1.807) is 19.9 Å². The van der Waals surface area contributed by atoms with Crippen molar-refractivity contribution in [3.63, 3.8) is 0 Å². The van der Waals surface area contributed by atoms with Crippen LogP contribution < -0.4 is 10.9 Å². The van der Waals surface area contributed by atoms with Crippen LogP contribution in [0.2, 0.25) is 0 Å². The molecule has 0 aromatic carbocycles. The number of amides is 1. The first-order chi connectivity index (χ1) is 7.88. The second kappa shape index (κ2) is 4.82. The van der Waals surface area contributed by atoms with Crippen LogP contribution in [-0.4, -0.2) is 28.6 Å². The Morgan fingerprint density at radius 1 is 1.41 bits per heavy atom. The van der Waals surface area contributed by atoms with Gasteiger partial charge in [-0.1, -0.05) is 0 Å². The first-order valence-corrected chi connectivity index (χ1v) is 5.03. The van der Waals surface area contributed by atoms with Crippen molar-refractivity contribution >= 4 is 11.9 Å². The summed E-state index contributed by atoms with van der Waals surface area (Å²) in [4.78, 5) is 34.1. The molecule has 17 heavy (non-hydrogen) atoms. The van der Waals surface area contributed by atoms with E-state index in [0.29, 0.717) is 11.3 Å². The predicted octanol–water partition coefficient (Wildman–Crippen LogP) is -0.0907. The zero-order valence-electron chi connectivity index (χ0n) is 9.90. The van der Waals surface area contributed by atoms with Gasteiger partial charge in [-0.05, 0) is 25.5 Å². The van der Waals surface area contributed by atoms with Crippen molar-refractivity contribution in [3.05, 3.63) is 33.2 Å². The van der Waals surface area contributed by atoms with Crippen molar-refractivity contribution < 1.29 is 14.7 Å². The van der Waals surface area contributed by atoms with Crippen LogP contribution in [0, 0.1) is 13.8 Å². The van der Waals surface area contributed by atoms with Gasteiger partial charge in [-0.2, -0.15) is 0 Å². The summed E-state index contributed by atoms with van der Waals surface area (Å²) in [7, 11) is 1.45. The van der Waals surface area contributed by atoms with Gasteiger partial charge in [-0.25, -0.2) is 4.79 Å². The second-order valence-electron chi connectivity index (χ2n) is 3.71. The summed E-state index contributed by atoms with van der Waals surface area (Å²) in [5, 5.41) is 11.3. The summed E-state index contributed by atoms with van der Waals surface area (Å²) in [5.74, 6) is -1.63. The van der Waals surface area contributed by atoms with Crippen LogP contribution in [0.15, 0.2) is 10.9 Å². The number of carboxylic acid groups (broad SMARTS) is 1. The highest BCUT2D eigenvalue weighted by atomic mass is 16.4. The standard InChI is InChI=1S/C11H14N2O4/c1-6-4-7(2)13(5-8(14)12-3)10(15)9(6)11(16)17/h4H,5H2,1-3H3,(H,12,14)(H,16,17). The molecule has 0 atom stereocenters. The molecule has 6 nitrogen and oxygen atoms in total. The van der Waals surface area contributed by atoms with Gasteiger partial charge >= 0.3 is 5.97 Å². The zero-order valence-corrected chi connectivity index (χ0v) is 9.90. The van der Waals surface area contributed by atoms with E-state index < -0.39 is 11.5 Å². The summed E-state index contributed by atoms with van der Waals surface area (Å²) < 4.78 is 1.15. The SMILES string of the molecule is CNC(=O)Cn1c(C)cc(C)c(C(=O)O)c1=O. The third-order valence-electron chi connectivity index (χ3n) is 2.50. The van der Waals surface area contributed by atoms with Crippen molar-refractivity contribution in [2.45, 2.75) is 20.4 Å². The van der Waals surface area contributed by atoms with E-state index in [1.807, 2.05) is 0 Å². The van der Waals surface area contributed by atoms with Crippen LogP contribution in [0.3, 0.4) is 0 Å². The van der Waals surface area contributed by atoms with Gasteiger partial charge in [0.2, 0.25) is 5.91 Å². The van der Waals surface area contributed by atoms with Crippen molar-refractivity contribution in [3.8, 4) is 0 Å². The number of carboxylic acids is 1. The van der Waals surface area contributed by atoms with E-state index in [1.165, 1.54) is 7.05 Å². The van der Waals surface area contributed by atoms with Crippen molar-refractivity contribution in [1.82, 2.24) is 9.88 Å². The van der Waals surface area contributed by atoms with E-state index in [2.05, 4.69) is 5.32 Å². The molecule has 1 heterocycles. The highest BCUT2D eigenvalue weighted by Gasteiger charge is 2.17. The molecule has 0 aliphatic heterocycles. The lowest BCUT2D eigenvalue weighted by Crippen LogP contribution is -2.34. The molecule has 1 aromatic rings. The maximum atomic E-state index is 11.9. The molecule has 0 unspecified atom stereocenters. The first kappa shape index (κ1) is 13.0. The minimum Gasteiger partial charge on any atom is -0.477 e. The maximum absolute atomic E-state index is 11.9. The van der Waals surface area contributed by atoms with Gasteiger partial charge in [0, 0.05) is 12.7 Å². The summed E-state index contributed by atoms with van der Waals surface area (Å²) in [6.07, 6.45) is 0. The molecule has 0 radical (unpaired) electrons. The Morgan fingerprint density at radius 3 is 2.47 bits per heavy atom. The van der Waals surface area contributed by atoms with Gasteiger partial charge in [0.25, 0.3) is 5.56 Å². The second-order valence-corrected chi connectivity index (χ2v) is 3.71. The molecule has 92 valence electrons. The molecule has 2 N–H and O–H groups in total. The molecule has 0 spiro atoms. The molecule has 1 aromatic heterocycles. The van der Waals surface area contributed by atoms with Gasteiger partial charge in [0.05, 0.1) is 0 Å². The van der Waals surface area contributed by atoms with Crippen LogP contribution in [0.1, 0.15) is 21.6 Å². The lowest BCUT2D eigenvalue weighted by molar-refractivity contribution is -0.121. The van der Waals surface area contributed by atoms with Gasteiger partial charge in [0.15, 0.2) is 0 Å². The topological polar surface area (TPSA) is 88.4 Å². The fourth-order valence-electron chi connectivity index (χ4n) is 1.61.